The minimum Gasteiger partial charge on any atom is -0.441 e. The number of hydrogen-bond acceptors (Lipinski definition) is 4. The lowest BCUT2D eigenvalue weighted by Crippen LogP contribution is -2.23. The van der Waals surface area contributed by atoms with E-state index >= 15 is 0 Å². The van der Waals surface area contributed by atoms with Crippen molar-refractivity contribution < 1.29 is 17.2 Å². The van der Waals surface area contributed by atoms with Crippen LogP contribution in [0.5, 0.6) is 0 Å². The van der Waals surface area contributed by atoms with Gasteiger partial charge in [0.25, 0.3) is 0 Å². The van der Waals surface area contributed by atoms with E-state index in [4.69, 9.17) is 4.42 Å². The maximum atomic E-state index is 12.9. The van der Waals surface area contributed by atoms with Gasteiger partial charge in [-0.1, -0.05) is 18.2 Å². The Morgan fingerprint density at radius 2 is 1.75 bits per heavy atom. The zero-order valence-electron chi connectivity index (χ0n) is 12.9. The third-order valence-electron chi connectivity index (χ3n) is 3.47. The van der Waals surface area contributed by atoms with Crippen molar-refractivity contribution in [2.45, 2.75) is 18.4 Å². The van der Waals surface area contributed by atoms with Crippen LogP contribution < -0.4 is 4.72 Å². The molecule has 0 aliphatic carbocycles. The molecule has 0 amide bonds. The van der Waals surface area contributed by atoms with Gasteiger partial charge in [0, 0.05) is 5.56 Å². The van der Waals surface area contributed by atoms with E-state index in [0.717, 1.165) is 17.7 Å². The van der Waals surface area contributed by atoms with Gasteiger partial charge >= 0.3 is 0 Å². The SMILES string of the molecule is Cc1oc(-c2ccccc2)nc1CNS(=O)(=O)c1ccc(F)cc1. The molecule has 5 nitrogen and oxygen atoms in total. The summed E-state index contributed by atoms with van der Waals surface area (Å²) < 4.78 is 45.4. The molecule has 124 valence electrons. The Kier molecular flexibility index (Phi) is 4.46. The first-order valence-corrected chi connectivity index (χ1v) is 8.71. The predicted molar refractivity (Wildman–Crippen MR) is 87.1 cm³/mol. The van der Waals surface area contributed by atoms with Gasteiger partial charge < -0.3 is 4.42 Å². The molecule has 0 unspecified atom stereocenters. The number of hydrogen-bond donors (Lipinski definition) is 1. The van der Waals surface area contributed by atoms with Crippen molar-refractivity contribution in [3.8, 4) is 11.5 Å². The monoisotopic (exact) mass is 346 g/mol. The lowest BCUT2D eigenvalue weighted by atomic mass is 10.2. The molecule has 3 rings (SSSR count). The Hall–Kier alpha value is -2.51. The van der Waals surface area contributed by atoms with E-state index in [1.54, 1.807) is 6.92 Å². The Balaban J connectivity index is 1.77. The number of aromatic nitrogens is 1. The van der Waals surface area contributed by atoms with Crippen molar-refractivity contribution in [3.63, 3.8) is 0 Å². The minimum absolute atomic E-state index is 0.00618. The Morgan fingerprint density at radius 3 is 2.42 bits per heavy atom. The number of benzene rings is 2. The molecule has 1 aromatic heterocycles. The standard InChI is InChI=1S/C17H15FN2O3S/c1-12-16(20-17(23-12)13-5-3-2-4-6-13)11-19-24(21,22)15-9-7-14(18)8-10-15/h2-10,19H,11H2,1H3. The second-order valence-corrected chi connectivity index (χ2v) is 6.93. The maximum Gasteiger partial charge on any atom is 0.240 e. The smallest absolute Gasteiger partial charge is 0.240 e. The van der Waals surface area contributed by atoms with Crippen molar-refractivity contribution in [3.05, 3.63) is 71.9 Å². The first kappa shape index (κ1) is 16.4. The van der Waals surface area contributed by atoms with Crippen LogP contribution in [0, 0.1) is 12.7 Å². The van der Waals surface area contributed by atoms with Gasteiger partial charge in [-0.15, -0.1) is 0 Å². The number of halogens is 1. The average molecular weight is 346 g/mol. The number of aryl methyl sites for hydroxylation is 1. The first-order chi connectivity index (χ1) is 11.5. The van der Waals surface area contributed by atoms with E-state index in [2.05, 4.69) is 9.71 Å². The molecule has 0 radical (unpaired) electrons. The second-order valence-electron chi connectivity index (χ2n) is 5.17. The molecule has 0 atom stereocenters. The zero-order valence-corrected chi connectivity index (χ0v) is 13.7. The van der Waals surface area contributed by atoms with Crippen LogP contribution in [0.15, 0.2) is 63.9 Å². The summed E-state index contributed by atoms with van der Waals surface area (Å²) in [5, 5.41) is 0. The average Bonchev–Trinajstić information content (AvgIpc) is 2.95. The van der Waals surface area contributed by atoms with Crippen LogP contribution >= 0.6 is 0 Å². The van der Waals surface area contributed by atoms with Crippen LogP contribution in [0.4, 0.5) is 4.39 Å². The summed E-state index contributed by atoms with van der Waals surface area (Å²) in [6.45, 7) is 1.71. The number of nitrogens with one attached hydrogen (secondary N) is 1. The van der Waals surface area contributed by atoms with Crippen LogP contribution in [-0.4, -0.2) is 13.4 Å². The van der Waals surface area contributed by atoms with Crippen molar-refractivity contribution >= 4 is 10.0 Å². The van der Waals surface area contributed by atoms with Crippen molar-refractivity contribution in [2.75, 3.05) is 0 Å². The van der Waals surface area contributed by atoms with E-state index < -0.39 is 15.8 Å². The van der Waals surface area contributed by atoms with E-state index in [0.29, 0.717) is 17.3 Å². The number of nitrogens with zero attached hydrogens (tertiary/aromatic N) is 1. The van der Waals surface area contributed by atoms with Gasteiger partial charge in [-0.3, -0.25) is 0 Å². The molecule has 0 bridgehead atoms. The van der Waals surface area contributed by atoms with Gasteiger partial charge in [-0.25, -0.2) is 22.5 Å². The van der Waals surface area contributed by atoms with Gasteiger partial charge in [-0.05, 0) is 43.3 Å². The Morgan fingerprint density at radius 1 is 1.08 bits per heavy atom. The largest absolute Gasteiger partial charge is 0.441 e. The zero-order chi connectivity index (χ0) is 17.2. The van der Waals surface area contributed by atoms with Crippen LogP contribution in [0.3, 0.4) is 0 Å². The molecule has 2 aromatic carbocycles. The van der Waals surface area contributed by atoms with Crippen LogP contribution in [0.2, 0.25) is 0 Å². The highest BCUT2D eigenvalue weighted by Crippen LogP contribution is 2.21. The number of oxazole rings is 1. The third-order valence-corrected chi connectivity index (χ3v) is 4.88. The molecular formula is C17H15FN2O3S. The van der Waals surface area contributed by atoms with E-state index in [1.807, 2.05) is 30.3 Å². The summed E-state index contributed by atoms with van der Waals surface area (Å²) in [5.74, 6) is 0.480. The molecule has 7 heteroatoms. The molecule has 0 aliphatic heterocycles. The molecular weight excluding hydrogens is 331 g/mol. The summed E-state index contributed by atoms with van der Waals surface area (Å²) in [7, 11) is -3.75. The number of sulfonamides is 1. The highest BCUT2D eigenvalue weighted by Gasteiger charge is 2.17. The van der Waals surface area contributed by atoms with Crippen molar-refractivity contribution in [2.24, 2.45) is 0 Å². The molecule has 0 aliphatic rings. The summed E-state index contributed by atoms with van der Waals surface area (Å²) in [6.07, 6.45) is 0. The van der Waals surface area contributed by atoms with E-state index in [1.165, 1.54) is 12.1 Å². The maximum absolute atomic E-state index is 12.9. The summed E-state index contributed by atoms with van der Waals surface area (Å²) in [5.41, 5.74) is 1.31. The fraction of sp³-hybridized carbons (Fsp3) is 0.118. The summed E-state index contributed by atoms with van der Waals surface area (Å²) in [6, 6.07) is 14.0. The first-order valence-electron chi connectivity index (χ1n) is 7.23. The summed E-state index contributed by atoms with van der Waals surface area (Å²) >= 11 is 0. The van der Waals surface area contributed by atoms with Gasteiger partial charge in [0.2, 0.25) is 15.9 Å². The molecule has 24 heavy (non-hydrogen) atoms. The highest BCUT2D eigenvalue weighted by atomic mass is 32.2. The molecule has 3 aromatic rings. The Bertz CT molecular complexity index is 936. The molecule has 0 saturated carbocycles. The predicted octanol–water partition coefficient (Wildman–Crippen LogP) is 3.27. The topological polar surface area (TPSA) is 72.2 Å². The quantitative estimate of drug-likeness (QED) is 0.770. The van der Waals surface area contributed by atoms with Gasteiger partial charge in [0.1, 0.15) is 11.6 Å². The van der Waals surface area contributed by atoms with Crippen molar-refractivity contribution in [1.82, 2.24) is 9.71 Å². The number of rotatable bonds is 5. The molecule has 1 heterocycles. The van der Waals surface area contributed by atoms with Crippen LogP contribution in [-0.2, 0) is 16.6 Å². The molecule has 0 saturated heterocycles. The normalized spacial score (nSPS) is 11.6. The Labute approximate surface area is 139 Å². The lowest BCUT2D eigenvalue weighted by Gasteiger charge is -2.05. The minimum atomic E-state index is -3.75. The fourth-order valence-electron chi connectivity index (χ4n) is 2.16. The van der Waals surface area contributed by atoms with Gasteiger partial charge in [0.05, 0.1) is 17.1 Å². The highest BCUT2D eigenvalue weighted by molar-refractivity contribution is 7.89. The lowest BCUT2D eigenvalue weighted by molar-refractivity contribution is 0.538. The van der Waals surface area contributed by atoms with E-state index in [-0.39, 0.29) is 11.4 Å². The third kappa shape index (κ3) is 3.52. The van der Waals surface area contributed by atoms with E-state index in [9.17, 15) is 12.8 Å². The molecule has 0 spiro atoms. The van der Waals surface area contributed by atoms with Gasteiger partial charge in [0.15, 0.2) is 0 Å². The van der Waals surface area contributed by atoms with Gasteiger partial charge in [-0.2, -0.15) is 0 Å². The fourth-order valence-corrected chi connectivity index (χ4v) is 3.14. The van der Waals surface area contributed by atoms with Crippen molar-refractivity contribution in [1.29, 1.82) is 0 Å². The second kappa shape index (κ2) is 6.54. The van der Waals surface area contributed by atoms with Crippen LogP contribution in [0.25, 0.3) is 11.5 Å². The van der Waals surface area contributed by atoms with Crippen LogP contribution in [0.1, 0.15) is 11.5 Å². The summed E-state index contributed by atoms with van der Waals surface area (Å²) in [4.78, 5) is 4.33. The molecule has 1 N–H and O–H groups in total. The molecule has 0 fully saturated rings.